The largest absolute Gasteiger partial charge is 0.338 e. The van der Waals surface area contributed by atoms with E-state index in [1.54, 1.807) is 28.8 Å². The second-order valence-corrected chi connectivity index (χ2v) is 5.46. The molecule has 1 aromatic heterocycles. The summed E-state index contributed by atoms with van der Waals surface area (Å²) in [7, 11) is 0. The minimum atomic E-state index is -0.488. The zero-order valence-electron chi connectivity index (χ0n) is 11.9. The van der Waals surface area contributed by atoms with Gasteiger partial charge in [0.05, 0.1) is 5.52 Å². The molecule has 3 aromatic rings. The van der Waals surface area contributed by atoms with Crippen LogP contribution >= 0.6 is 11.6 Å². The lowest BCUT2D eigenvalue weighted by atomic mass is 10.2. The van der Waals surface area contributed by atoms with Crippen molar-refractivity contribution in [3.8, 4) is 0 Å². The van der Waals surface area contributed by atoms with Crippen molar-refractivity contribution < 1.29 is 9.18 Å². The Kier molecular flexibility index (Phi) is 4.12. The highest BCUT2D eigenvalue weighted by Crippen LogP contribution is 2.15. The maximum absolute atomic E-state index is 13.3. The third kappa shape index (κ3) is 3.40. The molecule has 0 aliphatic carbocycles. The summed E-state index contributed by atoms with van der Waals surface area (Å²) in [6.45, 7) is 0.00500. The smallest absolute Gasteiger partial charge is 0.244 e. The van der Waals surface area contributed by atoms with Crippen LogP contribution in [0.25, 0.3) is 10.9 Å². The Morgan fingerprint density at radius 1 is 1.13 bits per heavy atom. The summed E-state index contributed by atoms with van der Waals surface area (Å²) in [5.74, 6) is -0.750. The van der Waals surface area contributed by atoms with Crippen LogP contribution in [0.4, 0.5) is 10.1 Å². The first-order chi connectivity index (χ1) is 11.0. The van der Waals surface area contributed by atoms with E-state index in [1.807, 2.05) is 0 Å². The molecule has 0 bridgehead atoms. The molecule has 0 radical (unpaired) electrons. The molecule has 6 heteroatoms. The molecule has 0 unspecified atom stereocenters. The van der Waals surface area contributed by atoms with Gasteiger partial charge in [0, 0.05) is 28.4 Å². The number of halogens is 2. The number of aromatic nitrogens is 1. The number of rotatable bonds is 3. The first kappa shape index (κ1) is 15.2. The monoisotopic (exact) mass is 330 g/mol. The van der Waals surface area contributed by atoms with Gasteiger partial charge in [-0.2, -0.15) is 0 Å². The summed E-state index contributed by atoms with van der Waals surface area (Å²) >= 11 is 5.79. The maximum atomic E-state index is 13.3. The van der Waals surface area contributed by atoms with Gasteiger partial charge in [0.25, 0.3) is 0 Å². The van der Waals surface area contributed by atoms with Gasteiger partial charge in [-0.3, -0.25) is 9.59 Å². The molecule has 0 fully saturated rings. The third-order valence-electron chi connectivity index (χ3n) is 3.38. The molecule has 1 amide bonds. The number of pyridine rings is 1. The number of amides is 1. The van der Waals surface area contributed by atoms with Crippen LogP contribution in [0.15, 0.2) is 59.5 Å². The van der Waals surface area contributed by atoms with E-state index in [9.17, 15) is 14.0 Å². The second-order valence-electron chi connectivity index (χ2n) is 5.02. The topological polar surface area (TPSA) is 51.1 Å². The highest BCUT2D eigenvalue weighted by atomic mass is 35.5. The van der Waals surface area contributed by atoms with Crippen LogP contribution in [-0.2, 0) is 11.3 Å². The molecule has 2 aromatic carbocycles. The maximum Gasteiger partial charge on any atom is 0.244 e. The fourth-order valence-corrected chi connectivity index (χ4v) is 2.44. The summed E-state index contributed by atoms with van der Waals surface area (Å²) < 4.78 is 14.9. The number of anilines is 1. The van der Waals surface area contributed by atoms with E-state index >= 15 is 0 Å². The van der Waals surface area contributed by atoms with Crippen molar-refractivity contribution in [2.24, 2.45) is 0 Å². The normalized spacial score (nSPS) is 10.7. The number of fused-ring (bicyclic) bond motifs is 1. The van der Waals surface area contributed by atoms with Crippen LogP contribution in [0, 0.1) is 5.82 Å². The highest BCUT2D eigenvalue weighted by Gasteiger charge is 2.08. The van der Waals surface area contributed by atoms with Crippen LogP contribution in [0.2, 0.25) is 5.02 Å². The van der Waals surface area contributed by atoms with E-state index in [2.05, 4.69) is 5.32 Å². The molecular weight excluding hydrogens is 319 g/mol. The van der Waals surface area contributed by atoms with E-state index in [-0.39, 0.29) is 23.3 Å². The van der Waals surface area contributed by atoms with Crippen LogP contribution in [-0.4, -0.2) is 10.5 Å². The molecule has 23 heavy (non-hydrogen) atoms. The lowest BCUT2D eigenvalue weighted by Gasteiger charge is -2.11. The Hall–Kier alpha value is -2.66. The quantitative estimate of drug-likeness (QED) is 0.800. The van der Waals surface area contributed by atoms with E-state index in [4.69, 9.17) is 11.6 Å². The van der Waals surface area contributed by atoms with Crippen LogP contribution in [0.5, 0.6) is 0 Å². The van der Waals surface area contributed by atoms with Crippen molar-refractivity contribution in [3.63, 3.8) is 0 Å². The van der Waals surface area contributed by atoms with Gasteiger partial charge in [-0.05, 0) is 42.5 Å². The number of nitrogens with zero attached hydrogens (tertiary/aromatic N) is 1. The van der Waals surface area contributed by atoms with Gasteiger partial charge in [0.2, 0.25) is 5.91 Å². The molecule has 1 N–H and O–H groups in total. The lowest BCUT2D eigenvalue weighted by molar-refractivity contribution is -0.116. The molecule has 0 saturated heterocycles. The van der Waals surface area contributed by atoms with Crippen molar-refractivity contribution in [1.82, 2.24) is 4.57 Å². The standard InChI is InChI=1S/C17H12ClFN2O2/c18-11-1-4-13(5-2-11)20-17(23)10-21-8-7-16(22)14-9-12(19)3-6-15(14)21/h1-9H,10H2,(H,20,23). The average molecular weight is 331 g/mol. The number of carbonyl (C=O) groups excluding carboxylic acids is 1. The average Bonchev–Trinajstić information content (AvgIpc) is 2.52. The zero-order chi connectivity index (χ0) is 16.4. The number of benzene rings is 2. The summed E-state index contributed by atoms with van der Waals surface area (Å²) in [4.78, 5) is 23.9. The van der Waals surface area contributed by atoms with E-state index in [0.717, 1.165) is 0 Å². The summed E-state index contributed by atoms with van der Waals surface area (Å²) in [5, 5.41) is 3.56. The van der Waals surface area contributed by atoms with E-state index < -0.39 is 5.82 Å². The number of hydrogen-bond donors (Lipinski definition) is 1. The van der Waals surface area contributed by atoms with E-state index in [0.29, 0.717) is 16.2 Å². The minimum Gasteiger partial charge on any atom is -0.338 e. The molecule has 4 nitrogen and oxygen atoms in total. The molecule has 1 heterocycles. The van der Waals surface area contributed by atoms with Gasteiger partial charge in [-0.15, -0.1) is 0 Å². The Labute approximate surface area is 136 Å². The predicted octanol–water partition coefficient (Wildman–Crippen LogP) is 3.43. The summed E-state index contributed by atoms with van der Waals surface area (Å²) in [6.07, 6.45) is 1.52. The Morgan fingerprint density at radius 3 is 2.61 bits per heavy atom. The third-order valence-corrected chi connectivity index (χ3v) is 3.63. The fourth-order valence-electron chi connectivity index (χ4n) is 2.31. The first-order valence-electron chi connectivity index (χ1n) is 6.87. The highest BCUT2D eigenvalue weighted by molar-refractivity contribution is 6.30. The van der Waals surface area contributed by atoms with Crippen molar-refractivity contribution in [3.05, 3.63) is 75.8 Å². The Morgan fingerprint density at radius 2 is 1.87 bits per heavy atom. The summed E-state index contributed by atoms with van der Waals surface area (Å²) in [6, 6.07) is 12.0. The molecule has 116 valence electrons. The molecule has 0 saturated carbocycles. The van der Waals surface area contributed by atoms with Crippen LogP contribution < -0.4 is 10.7 Å². The molecule has 0 atom stereocenters. The van der Waals surface area contributed by atoms with Gasteiger partial charge in [0.1, 0.15) is 12.4 Å². The first-order valence-corrected chi connectivity index (χ1v) is 7.25. The number of carbonyl (C=O) groups is 1. The van der Waals surface area contributed by atoms with E-state index in [1.165, 1.54) is 30.5 Å². The van der Waals surface area contributed by atoms with Gasteiger partial charge in [-0.1, -0.05) is 11.6 Å². The molecule has 3 rings (SSSR count). The predicted molar refractivity (Wildman–Crippen MR) is 88.2 cm³/mol. The number of nitrogens with one attached hydrogen (secondary N) is 1. The molecule has 0 spiro atoms. The minimum absolute atomic E-state index is 0.00500. The second kappa shape index (κ2) is 6.22. The Balaban J connectivity index is 1.86. The SMILES string of the molecule is O=C(Cn1ccc(=O)c2cc(F)ccc21)Nc1ccc(Cl)cc1. The van der Waals surface area contributed by atoms with Crippen LogP contribution in [0.1, 0.15) is 0 Å². The van der Waals surface area contributed by atoms with Crippen molar-refractivity contribution in [1.29, 1.82) is 0 Å². The van der Waals surface area contributed by atoms with Gasteiger partial charge >= 0.3 is 0 Å². The van der Waals surface area contributed by atoms with Gasteiger partial charge < -0.3 is 9.88 Å². The molecular formula is C17H12ClFN2O2. The summed E-state index contributed by atoms with van der Waals surface area (Å²) in [5.41, 5.74) is 0.842. The zero-order valence-corrected chi connectivity index (χ0v) is 12.7. The lowest BCUT2D eigenvalue weighted by Crippen LogP contribution is -2.20. The van der Waals surface area contributed by atoms with Gasteiger partial charge in [0.15, 0.2) is 5.43 Å². The van der Waals surface area contributed by atoms with Gasteiger partial charge in [-0.25, -0.2) is 4.39 Å². The molecule has 0 aliphatic rings. The van der Waals surface area contributed by atoms with Crippen molar-refractivity contribution in [2.75, 3.05) is 5.32 Å². The van der Waals surface area contributed by atoms with Crippen LogP contribution in [0.3, 0.4) is 0 Å². The molecule has 0 aliphatic heterocycles. The Bertz CT molecular complexity index is 935. The fraction of sp³-hybridized carbons (Fsp3) is 0.0588. The van der Waals surface area contributed by atoms with Crippen molar-refractivity contribution >= 4 is 34.1 Å². The number of hydrogen-bond acceptors (Lipinski definition) is 2. The van der Waals surface area contributed by atoms with Crippen molar-refractivity contribution in [2.45, 2.75) is 6.54 Å².